The summed E-state index contributed by atoms with van der Waals surface area (Å²) in [5.74, 6) is 0.134. The van der Waals surface area contributed by atoms with E-state index in [9.17, 15) is 0 Å². The first-order valence-electron chi connectivity index (χ1n) is 2.45. The van der Waals surface area contributed by atoms with E-state index < -0.39 is 0 Å². The first-order valence-corrected chi connectivity index (χ1v) is 2.83. The van der Waals surface area contributed by atoms with Gasteiger partial charge in [0.2, 0.25) is 5.95 Å². The topological polar surface area (TPSA) is 104 Å². The van der Waals surface area contributed by atoms with E-state index in [1.165, 1.54) is 0 Å². The lowest BCUT2D eigenvalue weighted by Gasteiger charge is -2.00. The predicted octanol–water partition coefficient (Wildman–Crippen LogP) is -0.123. The highest BCUT2D eigenvalue weighted by Gasteiger charge is 2.03. The first kappa shape index (κ1) is 6.88. The number of hydrogen-bond acceptors (Lipinski definition) is 5. The summed E-state index contributed by atoms with van der Waals surface area (Å²) in [6.07, 6.45) is 0. The van der Waals surface area contributed by atoms with Crippen molar-refractivity contribution in [1.29, 1.82) is 0 Å². The van der Waals surface area contributed by atoms with Gasteiger partial charge in [-0.25, -0.2) is 0 Å². The van der Waals surface area contributed by atoms with Crippen molar-refractivity contribution >= 4 is 29.1 Å². The lowest BCUT2D eigenvalue weighted by Crippen LogP contribution is -2.04. The van der Waals surface area contributed by atoms with Crippen molar-refractivity contribution in [2.45, 2.75) is 0 Å². The van der Waals surface area contributed by atoms with Crippen molar-refractivity contribution in [2.24, 2.45) is 0 Å². The van der Waals surface area contributed by atoms with Gasteiger partial charge in [-0.15, -0.1) is 0 Å². The zero-order chi connectivity index (χ0) is 7.72. The Balaban J connectivity index is 3.31. The average Bonchev–Trinajstić information content (AvgIpc) is 1.82. The number of nitrogens with two attached hydrogens (primary N) is 3. The maximum Gasteiger partial charge on any atom is 0.223 e. The van der Waals surface area contributed by atoms with Gasteiger partial charge in [-0.2, -0.15) is 9.97 Å². The monoisotopic (exact) mass is 159 g/mol. The summed E-state index contributed by atoms with van der Waals surface area (Å²) in [6, 6.07) is 0. The van der Waals surface area contributed by atoms with Crippen molar-refractivity contribution in [1.82, 2.24) is 9.97 Å². The molecule has 5 nitrogen and oxygen atoms in total. The van der Waals surface area contributed by atoms with E-state index in [-0.39, 0.29) is 22.6 Å². The minimum atomic E-state index is 0.0247. The van der Waals surface area contributed by atoms with Crippen LogP contribution in [0.1, 0.15) is 0 Å². The molecular weight excluding hydrogens is 154 g/mol. The van der Waals surface area contributed by atoms with Crippen molar-refractivity contribution in [3.05, 3.63) is 5.15 Å². The quantitative estimate of drug-likeness (QED) is 0.458. The molecule has 0 radical (unpaired) electrons. The molecule has 0 spiro atoms. The van der Waals surface area contributed by atoms with Crippen LogP contribution in [0.25, 0.3) is 0 Å². The first-order chi connectivity index (χ1) is 4.61. The molecule has 0 aliphatic carbocycles. The minimum Gasteiger partial charge on any atom is -0.393 e. The Labute approximate surface area is 62.2 Å². The maximum absolute atomic E-state index is 5.48. The van der Waals surface area contributed by atoms with Crippen LogP contribution >= 0.6 is 11.6 Å². The zero-order valence-corrected chi connectivity index (χ0v) is 5.76. The van der Waals surface area contributed by atoms with Crippen LogP contribution in [-0.2, 0) is 0 Å². The van der Waals surface area contributed by atoms with E-state index in [2.05, 4.69) is 9.97 Å². The van der Waals surface area contributed by atoms with E-state index in [0.29, 0.717) is 0 Å². The summed E-state index contributed by atoms with van der Waals surface area (Å²) in [4.78, 5) is 7.13. The Hall–Kier alpha value is -1.23. The normalized spacial score (nSPS) is 9.70. The van der Waals surface area contributed by atoms with Crippen LogP contribution in [-0.4, -0.2) is 9.97 Å². The number of halogens is 1. The molecule has 10 heavy (non-hydrogen) atoms. The molecular formula is C4H6ClN5. The Morgan fingerprint density at radius 3 is 2.20 bits per heavy atom. The van der Waals surface area contributed by atoms with Gasteiger partial charge >= 0.3 is 0 Å². The third-order valence-corrected chi connectivity index (χ3v) is 1.23. The molecule has 0 atom stereocenters. The van der Waals surface area contributed by atoms with Crippen LogP contribution in [0.3, 0.4) is 0 Å². The summed E-state index contributed by atoms with van der Waals surface area (Å²) < 4.78 is 0. The van der Waals surface area contributed by atoms with Crippen LogP contribution in [0.15, 0.2) is 0 Å². The standard InChI is InChI=1S/C4H6ClN5/c5-2-1(6)3(7)10-4(8)9-2/h6H2,(H4,7,8,9,10). The molecule has 0 saturated carbocycles. The van der Waals surface area contributed by atoms with Gasteiger partial charge in [0.25, 0.3) is 0 Å². The Bertz CT molecular complexity index is 237. The van der Waals surface area contributed by atoms with Gasteiger partial charge in [-0.3, -0.25) is 0 Å². The number of nitrogens with zero attached hydrogens (tertiary/aromatic N) is 2. The van der Waals surface area contributed by atoms with Crippen LogP contribution in [0.5, 0.6) is 0 Å². The maximum atomic E-state index is 5.48. The molecule has 0 aliphatic heterocycles. The van der Waals surface area contributed by atoms with Gasteiger partial charge in [-0.05, 0) is 0 Å². The van der Waals surface area contributed by atoms with E-state index in [1.54, 1.807) is 0 Å². The molecule has 0 unspecified atom stereocenters. The summed E-state index contributed by atoms with van der Waals surface area (Å²) >= 11 is 5.48. The van der Waals surface area contributed by atoms with Gasteiger partial charge in [-0.1, -0.05) is 11.6 Å². The van der Waals surface area contributed by atoms with Gasteiger partial charge < -0.3 is 17.2 Å². The summed E-state index contributed by atoms with van der Waals surface area (Å²) in [5.41, 5.74) is 15.9. The molecule has 0 aromatic carbocycles. The molecule has 6 heteroatoms. The summed E-state index contributed by atoms with van der Waals surface area (Å²) in [7, 11) is 0. The van der Waals surface area contributed by atoms with Gasteiger partial charge in [0.1, 0.15) is 5.69 Å². The van der Waals surface area contributed by atoms with Crippen LogP contribution < -0.4 is 17.2 Å². The van der Waals surface area contributed by atoms with Crippen LogP contribution in [0.4, 0.5) is 17.5 Å². The molecule has 1 aromatic heterocycles. The minimum absolute atomic E-state index is 0.0247. The number of hydrogen-bond donors (Lipinski definition) is 3. The van der Waals surface area contributed by atoms with Crippen LogP contribution in [0.2, 0.25) is 5.15 Å². The number of anilines is 3. The number of aromatic nitrogens is 2. The average molecular weight is 160 g/mol. The molecule has 54 valence electrons. The number of nitrogen functional groups attached to an aromatic ring is 3. The largest absolute Gasteiger partial charge is 0.393 e. The van der Waals surface area contributed by atoms with Crippen LogP contribution in [0, 0.1) is 0 Å². The number of rotatable bonds is 0. The second-order valence-electron chi connectivity index (χ2n) is 1.67. The third-order valence-electron chi connectivity index (χ3n) is 0.946. The van der Waals surface area contributed by atoms with Gasteiger partial charge in [0.15, 0.2) is 11.0 Å². The molecule has 0 saturated heterocycles. The fraction of sp³-hybridized carbons (Fsp3) is 0. The molecule has 1 rings (SSSR count). The SMILES string of the molecule is Nc1nc(N)c(N)c(Cl)n1. The van der Waals surface area contributed by atoms with Crippen molar-refractivity contribution in [2.75, 3.05) is 17.2 Å². The molecule has 0 aliphatic rings. The smallest absolute Gasteiger partial charge is 0.223 e. The molecule has 0 bridgehead atoms. The Morgan fingerprint density at radius 1 is 1.10 bits per heavy atom. The van der Waals surface area contributed by atoms with E-state index in [0.717, 1.165) is 0 Å². The van der Waals surface area contributed by atoms with Crippen molar-refractivity contribution in [3.8, 4) is 0 Å². The fourth-order valence-electron chi connectivity index (χ4n) is 0.475. The second-order valence-corrected chi connectivity index (χ2v) is 2.03. The van der Waals surface area contributed by atoms with Crippen molar-refractivity contribution in [3.63, 3.8) is 0 Å². The predicted molar refractivity (Wildman–Crippen MR) is 40.3 cm³/mol. The third kappa shape index (κ3) is 1.03. The van der Waals surface area contributed by atoms with E-state index in [1.807, 2.05) is 0 Å². The highest BCUT2D eigenvalue weighted by Crippen LogP contribution is 2.20. The summed E-state index contributed by atoms with van der Waals surface area (Å²) in [5, 5.41) is 0.0880. The highest BCUT2D eigenvalue weighted by atomic mass is 35.5. The van der Waals surface area contributed by atoms with Crippen molar-refractivity contribution < 1.29 is 0 Å². The highest BCUT2D eigenvalue weighted by molar-refractivity contribution is 6.32. The summed E-state index contributed by atoms with van der Waals surface area (Å²) in [6.45, 7) is 0. The zero-order valence-electron chi connectivity index (χ0n) is 5.00. The Kier molecular flexibility index (Phi) is 1.50. The fourth-order valence-corrected chi connectivity index (χ4v) is 0.659. The molecule has 0 amide bonds. The van der Waals surface area contributed by atoms with E-state index in [4.69, 9.17) is 28.8 Å². The molecule has 1 aromatic rings. The molecule has 0 fully saturated rings. The van der Waals surface area contributed by atoms with Gasteiger partial charge in [0, 0.05) is 0 Å². The molecule has 6 N–H and O–H groups in total. The molecule has 1 heterocycles. The lowest BCUT2D eigenvalue weighted by atomic mass is 10.5. The second kappa shape index (κ2) is 2.18. The van der Waals surface area contributed by atoms with E-state index >= 15 is 0 Å². The lowest BCUT2D eigenvalue weighted by molar-refractivity contribution is 1.20. The Morgan fingerprint density at radius 2 is 1.70 bits per heavy atom. The van der Waals surface area contributed by atoms with Gasteiger partial charge in [0.05, 0.1) is 0 Å².